The van der Waals surface area contributed by atoms with Crippen molar-refractivity contribution in [2.75, 3.05) is 52.5 Å². The van der Waals surface area contributed by atoms with Gasteiger partial charge in [0.25, 0.3) is 0 Å². The maximum absolute atomic E-state index is 14.0. The molecule has 13 heteroatoms. The molecular formula is C25H39F3N8O2. The Hall–Kier alpha value is -2.93. The van der Waals surface area contributed by atoms with Gasteiger partial charge in [-0.05, 0) is 32.6 Å². The lowest BCUT2D eigenvalue weighted by molar-refractivity contribution is -0.130. The van der Waals surface area contributed by atoms with Crippen molar-refractivity contribution in [2.24, 2.45) is 15.7 Å². The summed E-state index contributed by atoms with van der Waals surface area (Å²) in [5.41, 5.74) is 5.20. The molecule has 2 saturated heterocycles. The number of aryl methyl sites for hydroxylation is 2. The summed E-state index contributed by atoms with van der Waals surface area (Å²) in [5.74, 6) is -0.320. The Kier molecular flexibility index (Phi) is 11.6. The van der Waals surface area contributed by atoms with Crippen molar-refractivity contribution in [2.45, 2.75) is 58.2 Å². The molecular weight excluding hydrogens is 501 g/mol. The second kappa shape index (κ2) is 14.9. The van der Waals surface area contributed by atoms with E-state index in [1.165, 1.54) is 0 Å². The summed E-state index contributed by atoms with van der Waals surface area (Å²) >= 11 is 0. The number of alkyl halides is 3. The summed E-state index contributed by atoms with van der Waals surface area (Å²) < 4.78 is 48.9. The number of aromatic nitrogens is 2. The Morgan fingerprint density at radius 3 is 2.68 bits per heavy atom. The van der Waals surface area contributed by atoms with E-state index in [2.05, 4.69) is 25.3 Å². The number of morpholine rings is 1. The summed E-state index contributed by atoms with van der Waals surface area (Å²) in [5, 5.41) is 7.13. The first-order chi connectivity index (χ1) is 18.3. The minimum atomic E-state index is -4.71. The van der Waals surface area contributed by atoms with Crippen molar-refractivity contribution in [3.63, 3.8) is 0 Å². The predicted octanol–water partition coefficient (Wildman–Crippen LogP) is 2.76. The van der Waals surface area contributed by atoms with Crippen LogP contribution in [0.2, 0.25) is 0 Å². The fourth-order valence-electron chi connectivity index (χ4n) is 4.47. The number of aliphatic imine (C=N–C) groups is 2. The highest BCUT2D eigenvalue weighted by molar-refractivity contribution is 5.84. The van der Waals surface area contributed by atoms with Crippen LogP contribution in [0.3, 0.4) is 0 Å². The van der Waals surface area contributed by atoms with Gasteiger partial charge in [0, 0.05) is 58.4 Å². The van der Waals surface area contributed by atoms with Crippen molar-refractivity contribution in [3.8, 4) is 0 Å². The van der Waals surface area contributed by atoms with Crippen LogP contribution in [-0.2, 0) is 16.1 Å². The van der Waals surface area contributed by atoms with Crippen molar-refractivity contribution < 1.29 is 22.7 Å². The van der Waals surface area contributed by atoms with Gasteiger partial charge in [-0.2, -0.15) is 18.3 Å². The quantitative estimate of drug-likeness (QED) is 0.240. The molecule has 0 atom stereocenters. The summed E-state index contributed by atoms with van der Waals surface area (Å²) in [7, 11) is 0. The minimum Gasteiger partial charge on any atom is -0.390 e. The Labute approximate surface area is 221 Å². The first kappa shape index (κ1) is 29.6. The lowest BCUT2D eigenvalue weighted by atomic mass is 10.2. The third-order valence-electron chi connectivity index (χ3n) is 6.55. The van der Waals surface area contributed by atoms with E-state index in [4.69, 9.17) is 10.5 Å². The zero-order valence-electron chi connectivity index (χ0n) is 22.0. The Balaban J connectivity index is 1.62. The number of nitrogens with one attached hydrogen (secondary N) is 1. The largest absolute Gasteiger partial charge is 0.421 e. The Morgan fingerprint density at radius 2 is 1.95 bits per heavy atom. The van der Waals surface area contributed by atoms with E-state index in [1.54, 1.807) is 22.7 Å². The molecule has 3 N–H and O–H groups in total. The van der Waals surface area contributed by atoms with Crippen LogP contribution in [0.4, 0.5) is 18.9 Å². The number of amides is 1. The van der Waals surface area contributed by atoms with Crippen LogP contribution in [0.5, 0.6) is 0 Å². The summed E-state index contributed by atoms with van der Waals surface area (Å²) in [6, 6.07) is 0. The predicted molar refractivity (Wildman–Crippen MR) is 140 cm³/mol. The molecule has 0 bridgehead atoms. The summed E-state index contributed by atoms with van der Waals surface area (Å²) in [4.78, 5) is 24.1. The minimum absolute atomic E-state index is 0.0957. The molecule has 1 aromatic heterocycles. The topological polar surface area (TPSA) is 113 Å². The molecule has 0 saturated carbocycles. The number of hydrogen-bond acceptors (Lipinski definition) is 7. The van der Waals surface area contributed by atoms with Gasteiger partial charge in [0.2, 0.25) is 5.91 Å². The second-order valence-corrected chi connectivity index (χ2v) is 9.44. The van der Waals surface area contributed by atoms with Gasteiger partial charge in [0.1, 0.15) is 17.1 Å². The highest BCUT2D eigenvalue weighted by atomic mass is 19.4. The number of allylic oxidation sites excluding steroid dienone is 1. The molecule has 38 heavy (non-hydrogen) atoms. The van der Waals surface area contributed by atoms with Crippen LogP contribution < -0.4 is 11.1 Å². The van der Waals surface area contributed by atoms with Crippen LogP contribution in [0.15, 0.2) is 27.6 Å². The van der Waals surface area contributed by atoms with Gasteiger partial charge in [0.05, 0.1) is 31.4 Å². The van der Waals surface area contributed by atoms with E-state index in [1.807, 2.05) is 0 Å². The molecule has 3 rings (SSSR count). The Morgan fingerprint density at radius 1 is 1.16 bits per heavy atom. The third kappa shape index (κ3) is 9.43. The number of likely N-dealkylation sites (tertiary alicyclic amines) is 1. The number of halogens is 3. The highest BCUT2D eigenvalue weighted by Crippen LogP contribution is 2.28. The molecule has 10 nitrogen and oxygen atoms in total. The van der Waals surface area contributed by atoms with Gasteiger partial charge in [-0.25, -0.2) is 4.99 Å². The van der Waals surface area contributed by atoms with Gasteiger partial charge >= 0.3 is 6.18 Å². The molecule has 2 fully saturated rings. The molecule has 0 aliphatic carbocycles. The lowest BCUT2D eigenvalue weighted by Crippen LogP contribution is -2.37. The van der Waals surface area contributed by atoms with Crippen molar-refractivity contribution >= 4 is 24.1 Å². The fourth-order valence-corrected chi connectivity index (χ4v) is 4.47. The molecule has 212 valence electrons. The van der Waals surface area contributed by atoms with E-state index < -0.39 is 17.6 Å². The van der Waals surface area contributed by atoms with E-state index in [9.17, 15) is 18.0 Å². The molecule has 1 amide bonds. The number of carbonyl (C=O) groups is 1. The van der Waals surface area contributed by atoms with Crippen molar-refractivity contribution in [1.29, 1.82) is 0 Å². The van der Waals surface area contributed by atoms with E-state index in [0.717, 1.165) is 71.1 Å². The van der Waals surface area contributed by atoms with E-state index in [0.29, 0.717) is 43.9 Å². The standard InChI is InChI=1S/C25H39F3N8O2/c1-20-22(18-36(33-20)12-6-9-34-13-15-38-16-14-34)31-17-21(25(26,27)28)24(32-19-29)30-8-5-11-35-10-4-2-3-7-23(35)37/h17-19,30H,2-16H2,1H3,(H2,29,32)/b24-21+,31-17-. The van der Waals surface area contributed by atoms with E-state index >= 15 is 0 Å². The number of carbonyl (C=O) groups excluding carboxylic acids is 1. The van der Waals surface area contributed by atoms with Gasteiger partial charge in [0.15, 0.2) is 0 Å². The van der Waals surface area contributed by atoms with Crippen molar-refractivity contribution in [3.05, 3.63) is 23.3 Å². The molecule has 1 aromatic rings. The molecule has 0 radical (unpaired) electrons. The number of ether oxygens (including phenoxy) is 1. The van der Waals surface area contributed by atoms with Crippen LogP contribution >= 0.6 is 0 Å². The van der Waals surface area contributed by atoms with Crippen molar-refractivity contribution in [1.82, 2.24) is 24.9 Å². The monoisotopic (exact) mass is 540 g/mol. The normalized spacial score (nSPS) is 18.8. The average molecular weight is 541 g/mol. The molecule has 0 spiro atoms. The molecule has 3 heterocycles. The second-order valence-electron chi connectivity index (χ2n) is 9.44. The van der Waals surface area contributed by atoms with E-state index in [-0.39, 0.29) is 12.5 Å². The number of rotatable bonds is 12. The zero-order valence-corrected chi connectivity index (χ0v) is 22.0. The smallest absolute Gasteiger partial charge is 0.390 e. The average Bonchev–Trinajstić information content (AvgIpc) is 3.09. The molecule has 2 aliphatic rings. The zero-order chi connectivity index (χ0) is 27.4. The summed E-state index contributed by atoms with van der Waals surface area (Å²) in [6.07, 6.45) is 3.22. The third-order valence-corrected chi connectivity index (χ3v) is 6.55. The Bertz CT molecular complexity index is 984. The molecule has 2 aliphatic heterocycles. The van der Waals surface area contributed by atoms with Crippen LogP contribution in [0.25, 0.3) is 0 Å². The fraction of sp³-hybridized carbons (Fsp3) is 0.680. The van der Waals surface area contributed by atoms with Crippen LogP contribution in [0, 0.1) is 6.92 Å². The van der Waals surface area contributed by atoms with Gasteiger partial charge < -0.3 is 20.7 Å². The SMILES string of the molecule is Cc1nn(CCCN2CCOCC2)cc1\N=C/C(=C(\N=C\N)NCCCN1CCCCCC1=O)C(F)(F)F. The van der Waals surface area contributed by atoms with Crippen LogP contribution in [-0.4, -0.2) is 96.7 Å². The number of nitrogens with zero attached hydrogens (tertiary/aromatic N) is 6. The first-order valence-electron chi connectivity index (χ1n) is 13.2. The molecule has 0 unspecified atom stereocenters. The summed E-state index contributed by atoms with van der Waals surface area (Å²) in [6.45, 7) is 7.88. The van der Waals surface area contributed by atoms with Gasteiger partial charge in [-0.1, -0.05) is 6.42 Å². The number of nitrogens with two attached hydrogens (primary N) is 1. The highest BCUT2D eigenvalue weighted by Gasteiger charge is 2.36. The number of hydrogen-bond donors (Lipinski definition) is 2. The molecule has 0 aromatic carbocycles. The van der Waals surface area contributed by atoms with Crippen LogP contribution in [0.1, 0.15) is 44.2 Å². The maximum atomic E-state index is 14.0. The van der Waals surface area contributed by atoms with Gasteiger partial charge in [-0.15, -0.1) is 0 Å². The maximum Gasteiger partial charge on any atom is 0.421 e. The lowest BCUT2D eigenvalue weighted by Gasteiger charge is -2.26. The first-order valence-corrected chi connectivity index (χ1v) is 13.2. The van der Waals surface area contributed by atoms with Gasteiger partial charge in [-0.3, -0.25) is 19.4 Å².